The Morgan fingerprint density at radius 1 is 0.935 bits per heavy atom. The Hall–Kier alpha value is -3.80. The number of methoxy groups -OCH3 is 2. The summed E-state index contributed by atoms with van der Waals surface area (Å²) in [4.78, 5) is 0. The average Bonchev–Trinajstić information content (AvgIpc) is 2.75. The first-order valence-electron chi connectivity index (χ1n) is 10.1. The Morgan fingerprint density at radius 2 is 1.65 bits per heavy atom. The van der Waals surface area contributed by atoms with E-state index in [2.05, 4.69) is 0 Å². The van der Waals surface area contributed by atoms with Gasteiger partial charge in [-0.3, -0.25) is 0 Å². The van der Waals surface area contributed by atoms with Crippen LogP contribution < -0.4 is 14.2 Å². The Balaban J connectivity index is 2.13. The summed E-state index contributed by atoms with van der Waals surface area (Å²) in [6, 6.07) is 11.0. The summed E-state index contributed by atoms with van der Waals surface area (Å²) in [5.74, 6) is 0.262. The third-order valence-corrected chi connectivity index (χ3v) is 4.71. The van der Waals surface area contributed by atoms with Crippen LogP contribution in [0.1, 0.15) is 15.2 Å². The zero-order chi connectivity index (χ0) is 23.4. The van der Waals surface area contributed by atoms with Crippen molar-refractivity contribution in [1.29, 1.82) is 0 Å². The van der Waals surface area contributed by atoms with Crippen molar-refractivity contribution in [2.45, 2.75) is 13.8 Å². The summed E-state index contributed by atoms with van der Waals surface area (Å²) in [5.41, 5.74) is 2.95. The minimum atomic E-state index is -0.224. The van der Waals surface area contributed by atoms with Crippen LogP contribution in [0.3, 0.4) is 0 Å². The molecule has 0 heterocycles. The van der Waals surface area contributed by atoms with Crippen LogP contribution in [-0.2, 0) is 0 Å². The first kappa shape index (κ1) is 20.5. The third kappa shape index (κ3) is 4.69. The standard InChI is InChI=1S/C25H26O6/c1-15(2)11-12-31-21-10-7-17(13-20(21)27)23-22(29-3)14-19(25(30-4)24(23)28)16-5-8-18(26)9-6-16/h5-11,13-14,26-28H,12H2,1-4H3/i10T. The van der Waals surface area contributed by atoms with E-state index in [1.165, 1.54) is 38.5 Å². The summed E-state index contributed by atoms with van der Waals surface area (Å²) >= 11 is 0. The topological polar surface area (TPSA) is 88.4 Å². The van der Waals surface area contributed by atoms with Gasteiger partial charge in [0, 0.05) is 5.56 Å². The van der Waals surface area contributed by atoms with E-state index in [-0.39, 0.29) is 47.0 Å². The van der Waals surface area contributed by atoms with Crippen LogP contribution in [0.2, 0.25) is 0 Å². The minimum absolute atomic E-state index is 0.0369. The van der Waals surface area contributed by atoms with Gasteiger partial charge in [0.05, 0.1) is 21.2 Å². The molecule has 0 saturated heterocycles. The van der Waals surface area contributed by atoms with Gasteiger partial charge in [-0.05, 0) is 61.4 Å². The lowest BCUT2D eigenvalue weighted by Crippen LogP contribution is -1.97. The largest absolute Gasteiger partial charge is 0.508 e. The second-order valence-corrected chi connectivity index (χ2v) is 7.13. The summed E-state index contributed by atoms with van der Waals surface area (Å²) in [6.45, 7) is 4.08. The number of hydrogen-bond acceptors (Lipinski definition) is 6. The fraction of sp³-hybridized carbons (Fsp3) is 0.200. The van der Waals surface area contributed by atoms with Crippen molar-refractivity contribution in [2.75, 3.05) is 20.8 Å². The number of benzene rings is 3. The van der Waals surface area contributed by atoms with Gasteiger partial charge in [-0.25, -0.2) is 0 Å². The van der Waals surface area contributed by atoms with E-state index < -0.39 is 0 Å². The Labute approximate surface area is 183 Å². The quantitative estimate of drug-likeness (QED) is 0.434. The summed E-state index contributed by atoms with van der Waals surface area (Å²) in [6.07, 6.45) is 1.84. The van der Waals surface area contributed by atoms with Gasteiger partial charge in [0.2, 0.25) is 0 Å². The van der Waals surface area contributed by atoms with Crippen molar-refractivity contribution in [3.05, 3.63) is 60.2 Å². The second kappa shape index (κ2) is 9.34. The highest BCUT2D eigenvalue weighted by Crippen LogP contribution is 2.50. The van der Waals surface area contributed by atoms with Crippen molar-refractivity contribution in [1.82, 2.24) is 0 Å². The molecule has 6 nitrogen and oxygen atoms in total. The molecular formula is C25H26O6. The van der Waals surface area contributed by atoms with Crippen LogP contribution in [0.4, 0.5) is 0 Å². The summed E-state index contributed by atoms with van der Waals surface area (Å²) < 4.78 is 24.8. The number of ether oxygens (including phenoxy) is 3. The second-order valence-electron chi connectivity index (χ2n) is 7.13. The maximum atomic E-state index is 11.1. The lowest BCUT2D eigenvalue weighted by Gasteiger charge is -2.18. The van der Waals surface area contributed by atoms with Gasteiger partial charge in [-0.2, -0.15) is 0 Å². The van der Waals surface area contributed by atoms with Gasteiger partial charge in [0.15, 0.2) is 23.0 Å². The molecule has 3 aromatic rings. The molecule has 0 saturated carbocycles. The predicted octanol–water partition coefficient (Wildman–Crippen LogP) is 5.50. The molecule has 0 amide bonds. The smallest absolute Gasteiger partial charge is 0.170 e. The highest BCUT2D eigenvalue weighted by molar-refractivity contribution is 5.88. The van der Waals surface area contributed by atoms with E-state index in [1.54, 1.807) is 18.2 Å². The Bertz CT molecular complexity index is 1130. The number of aromatic hydroxyl groups is 3. The Morgan fingerprint density at radius 3 is 2.23 bits per heavy atom. The average molecular weight is 424 g/mol. The third-order valence-electron chi connectivity index (χ3n) is 4.71. The Kier molecular flexibility index (Phi) is 6.17. The fourth-order valence-corrected chi connectivity index (χ4v) is 3.15. The molecule has 0 atom stereocenters. The fourth-order valence-electron chi connectivity index (χ4n) is 3.15. The molecule has 0 aliphatic carbocycles. The highest BCUT2D eigenvalue weighted by Gasteiger charge is 2.22. The van der Waals surface area contributed by atoms with Crippen LogP contribution in [0.15, 0.2) is 60.2 Å². The van der Waals surface area contributed by atoms with E-state index >= 15 is 0 Å². The number of rotatable bonds is 7. The van der Waals surface area contributed by atoms with Crippen LogP contribution in [0.5, 0.6) is 34.5 Å². The minimum Gasteiger partial charge on any atom is -0.508 e. The van der Waals surface area contributed by atoms with E-state index in [0.29, 0.717) is 22.4 Å². The van der Waals surface area contributed by atoms with Crippen molar-refractivity contribution < 1.29 is 30.9 Å². The molecule has 0 fully saturated rings. The van der Waals surface area contributed by atoms with Crippen molar-refractivity contribution in [3.63, 3.8) is 0 Å². The molecule has 0 radical (unpaired) electrons. The van der Waals surface area contributed by atoms with E-state index in [9.17, 15) is 15.3 Å². The van der Waals surface area contributed by atoms with Gasteiger partial charge in [0.25, 0.3) is 0 Å². The van der Waals surface area contributed by atoms with E-state index in [4.69, 9.17) is 15.6 Å². The van der Waals surface area contributed by atoms with Crippen LogP contribution in [0.25, 0.3) is 22.3 Å². The van der Waals surface area contributed by atoms with Gasteiger partial charge in [0.1, 0.15) is 18.1 Å². The number of phenols is 3. The first-order chi connectivity index (χ1) is 15.3. The van der Waals surface area contributed by atoms with Gasteiger partial charge >= 0.3 is 0 Å². The molecule has 31 heavy (non-hydrogen) atoms. The molecule has 3 N–H and O–H groups in total. The van der Waals surface area contributed by atoms with Crippen molar-refractivity contribution in [3.8, 4) is 56.8 Å². The van der Waals surface area contributed by atoms with Crippen LogP contribution >= 0.6 is 0 Å². The molecule has 162 valence electrons. The van der Waals surface area contributed by atoms with Crippen LogP contribution in [-0.4, -0.2) is 36.1 Å². The number of phenolic OH excluding ortho intramolecular Hbond substituents is 3. The lowest BCUT2D eigenvalue weighted by molar-refractivity contribution is 0.335. The lowest BCUT2D eigenvalue weighted by atomic mass is 9.96. The number of allylic oxidation sites excluding steroid dienone is 1. The normalized spacial score (nSPS) is 10.9. The molecule has 0 aliphatic heterocycles. The van der Waals surface area contributed by atoms with E-state index in [0.717, 1.165) is 5.57 Å². The van der Waals surface area contributed by atoms with E-state index in [1.807, 2.05) is 19.9 Å². The van der Waals surface area contributed by atoms with Gasteiger partial charge in [-0.15, -0.1) is 0 Å². The van der Waals surface area contributed by atoms with Crippen molar-refractivity contribution in [2.24, 2.45) is 0 Å². The maximum Gasteiger partial charge on any atom is 0.170 e. The zero-order valence-corrected chi connectivity index (χ0v) is 17.9. The molecule has 3 aromatic carbocycles. The molecule has 0 unspecified atom stereocenters. The summed E-state index contributed by atoms with van der Waals surface area (Å²) in [5, 5.41) is 31.1. The molecule has 0 spiro atoms. The maximum absolute atomic E-state index is 11.1. The number of hydrogen-bond donors (Lipinski definition) is 3. The molecule has 6 heteroatoms. The molecule has 3 rings (SSSR count). The first-order valence-corrected chi connectivity index (χ1v) is 9.64. The predicted molar refractivity (Wildman–Crippen MR) is 120 cm³/mol. The zero-order valence-electron chi connectivity index (χ0n) is 18.9. The highest BCUT2D eigenvalue weighted by atomic mass is 16.5. The summed E-state index contributed by atoms with van der Waals surface area (Å²) in [7, 11) is 2.90. The monoisotopic (exact) mass is 424 g/mol. The molecule has 0 aliphatic rings. The molecule has 0 bridgehead atoms. The van der Waals surface area contributed by atoms with Gasteiger partial charge < -0.3 is 29.5 Å². The van der Waals surface area contributed by atoms with Crippen molar-refractivity contribution >= 4 is 0 Å². The van der Waals surface area contributed by atoms with Gasteiger partial charge in [-0.1, -0.05) is 23.8 Å². The van der Waals surface area contributed by atoms with Crippen LogP contribution in [0, 0.1) is 0 Å². The molecule has 0 aromatic heterocycles. The SMILES string of the molecule is [3H]c1cc(-c2c(OC)cc(-c3ccc(O)cc3)c(OC)c2O)cc(O)c1OCC=C(C)C. The molecular weight excluding hydrogens is 396 g/mol.